The van der Waals surface area contributed by atoms with Gasteiger partial charge < -0.3 is 42.6 Å². The summed E-state index contributed by atoms with van der Waals surface area (Å²) in [5.74, 6) is 1.65. The second-order valence-electron chi connectivity index (χ2n) is 7.14. The molecule has 0 aromatic heterocycles. The van der Waals surface area contributed by atoms with Crippen molar-refractivity contribution in [3.63, 3.8) is 0 Å². The minimum absolute atomic E-state index is 0.0155. The Kier molecular flexibility index (Phi) is 9.34. The zero-order valence-corrected chi connectivity index (χ0v) is 20.0. The molecule has 2 atom stereocenters. The highest BCUT2D eigenvalue weighted by molar-refractivity contribution is 6.06. The Bertz CT molecular complexity index is 961. The molecule has 1 aliphatic heterocycles. The van der Waals surface area contributed by atoms with Crippen LogP contribution in [0, 0.1) is 0 Å². The number of Topliss-reactive ketones (excluding diaryl/α,β-unsaturated/α-hetero) is 1. The molecule has 2 aromatic carbocycles. The average molecular weight is 478 g/mol. The van der Waals surface area contributed by atoms with Crippen LogP contribution in [-0.2, 0) is 18.9 Å². The normalized spacial score (nSPS) is 17.0. The second kappa shape index (κ2) is 12.4. The van der Waals surface area contributed by atoms with Crippen molar-refractivity contribution < 1.29 is 47.4 Å². The molecule has 0 saturated carbocycles. The first-order valence-electron chi connectivity index (χ1n) is 10.6. The molecule has 0 aliphatic carbocycles. The number of benzene rings is 2. The lowest BCUT2D eigenvalue weighted by molar-refractivity contribution is -0.0190. The zero-order chi connectivity index (χ0) is 24.5. The highest BCUT2D eigenvalue weighted by atomic mass is 16.7. The lowest BCUT2D eigenvalue weighted by atomic mass is 9.92. The molecule has 1 aliphatic rings. The van der Waals surface area contributed by atoms with Gasteiger partial charge in [-0.3, -0.25) is 4.79 Å². The molecule has 10 heteroatoms. The van der Waals surface area contributed by atoms with Crippen LogP contribution < -0.4 is 23.7 Å². The molecule has 0 N–H and O–H groups in total. The Morgan fingerprint density at radius 2 is 1.50 bits per heavy atom. The van der Waals surface area contributed by atoms with Crippen molar-refractivity contribution in [1.82, 2.24) is 0 Å². The van der Waals surface area contributed by atoms with Crippen LogP contribution in [0.4, 0.5) is 0 Å². The summed E-state index contributed by atoms with van der Waals surface area (Å²) in [5.41, 5.74) is 0.921. The van der Waals surface area contributed by atoms with Gasteiger partial charge in [0.25, 0.3) is 0 Å². The molecule has 3 rings (SSSR count). The second-order valence-corrected chi connectivity index (χ2v) is 7.14. The van der Waals surface area contributed by atoms with E-state index >= 15 is 0 Å². The number of hydrogen-bond acceptors (Lipinski definition) is 10. The van der Waals surface area contributed by atoms with Gasteiger partial charge in [-0.15, -0.1) is 0 Å². The fourth-order valence-electron chi connectivity index (χ4n) is 3.51. The Morgan fingerprint density at radius 3 is 2.15 bits per heavy atom. The van der Waals surface area contributed by atoms with Crippen molar-refractivity contribution in [3.05, 3.63) is 41.5 Å². The fourth-order valence-corrected chi connectivity index (χ4v) is 3.51. The molecular weight excluding hydrogens is 448 g/mol. The fraction of sp³-hybridized carbons (Fsp3) is 0.458. The minimum Gasteiger partial charge on any atom is -0.493 e. The van der Waals surface area contributed by atoms with E-state index in [2.05, 4.69) is 0 Å². The minimum atomic E-state index is -0.913. The van der Waals surface area contributed by atoms with Crippen LogP contribution in [0.25, 0.3) is 0 Å². The molecule has 0 fully saturated rings. The van der Waals surface area contributed by atoms with Crippen LogP contribution in [0.5, 0.6) is 28.7 Å². The van der Waals surface area contributed by atoms with E-state index in [-0.39, 0.29) is 37.5 Å². The maximum absolute atomic E-state index is 13.6. The van der Waals surface area contributed by atoms with E-state index in [1.54, 1.807) is 30.3 Å². The Morgan fingerprint density at radius 1 is 0.824 bits per heavy atom. The van der Waals surface area contributed by atoms with Crippen molar-refractivity contribution in [1.29, 1.82) is 0 Å². The molecule has 0 radical (unpaired) electrons. The van der Waals surface area contributed by atoms with Crippen LogP contribution in [0.1, 0.15) is 28.9 Å². The smallest absolute Gasteiger partial charge is 0.203 e. The Hall–Kier alpha value is -3.05. The van der Waals surface area contributed by atoms with Crippen LogP contribution >= 0.6 is 0 Å². The summed E-state index contributed by atoms with van der Waals surface area (Å²) >= 11 is 0. The summed E-state index contributed by atoms with van der Waals surface area (Å²) in [6, 6.07) is 8.47. The van der Waals surface area contributed by atoms with Gasteiger partial charge in [-0.1, -0.05) is 6.07 Å². The van der Waals surface area contributed by atoms with E-state index in [0.29, 0.717) is 35.2 Å². The van der Waals surface area contributed by atoms with Crippen LogP contribution in [0.3, 0.4) is 0 Å². The van der Waals surface area contributed by atoms with Crippen molar-refractivity contribution >= 4 is 5.78 Å². The third-order valence-corrected chi connectivity index (χ3v) is 4.94. The molecule has 34 heavy (non-hydrogen) atoms. The van der Waals surface area contributed by atoms with E-state index in [9.17, 15) is 4.79 Å². The monoisotopic (exact) mass is 478 g/mol. The lowest BCUT2D eigenvalue weighted by Crippen LogP contribution is -2.39. The average Bonchev–Trinajstić information content (AvgIpc) is 2.86. The topological polar surface area (TPSA) is 100 Å². The highest BCUT2D eigenvalue weighted by Crippen LogP contribution is 2.44. The summed E-state index contributed by atoms with van der Waals surface area (Å²) in [6.07, 6.45) is -1.66. The van der Waals surface area contributed by atoms with Crippen molar-refractivity contribution in [2.45, 2.75) is 19.1 Å². The molecule has 0 saturated heterocycles. The maximum atomic E-state index is 13.6. The summed E-state index contributed by atoms with van der Waals surface area (Å²) in [6.45, 7) is 2.14. The Labute approximate surface area is 198 Å². The van der Waals surface area contributed by atoms with Gasteiger partial charge in [-0.2, -0.15) is 0 Å². The number of carbonyl (C=O) groups excluding carboxylic acids is 1. The Balaban J connectivity index is 2.04. The number of fused-ring (bicyclic) bond motifs is 1. The van der Waals surface area contributed by atoms with Gasteiger partial charge in [0.1, 0.15) is 22.8 Å². The maximum Gasteiger partial charge on any atom is 0.203 e. The quantitative estimate of drug-likeness (QED) is 0.398. The van der Waals surface area contributed by atoms with Crippen LogP contribution in [0.2, 0.25) is 0 Å². The van der Waals surface area contributed by atoms with E-state index in [1.165, 1.54) is 28.4 Å². The third-order valence-electron chi connectivity index (χ3n) is 4.94. The third kappa shape index (κ3) is 5.71. The first kappa shape index (κ1) is 25.6. The molecule has 0 amide bonds. The molecule has 2 aromatic rings. The van der Waals surface area contributed by atoms with E-state index in [4.69, 9.17) is 42.6 Å². The number of hydrogen-bond donors (Lipinski definition) is 0. The number of ketones is 1. The van der Waals surface area contributed by atoms with Gasteiger partial charge in [0.2, 0.25) is 5.78 Å². The summed E-state index contributed by atoms with van der Waals surface area (Å²) in [4.78, 5) is 13.6. The standard InChI is InChI=1S/C24H30O10/c1-6-30-24-22(25)21-19(33-14-28-4)10-16(31-12-26-2)11-20(21)34-23(24)15-7-8-17(32-13-27-3)18(9-15)29-5/h7-11,23-24H,6,12-14H2,1-5H3/t23-,24+/m0/s1. The number of methoxy groups -OCH3 is 4. The molecule has 186 valence electrons. The highest BCUT2D eigenvalue weighted by Gasteiger charge is 2.41. The van der Waals surface area contributed by atoms with Gasteiger partial charge >= 0.3 is 0 Å². The van der Waals surface area contributed by atoms with Crippen LogP contribution in [-0.4, -0.2) is 67.3 Å². The van der Waals surface area contributed by atoms with Crippen LogP contribution in [0.15, 0.2) is 30.3 Å². The van der Waals surface area contributed by atoms with E-state index in [1.807, 2.05) is 6.92 Å². The molecular formula is C24H30O10. The number of carbonyl (C=O) groups is 1. The van der Waals surface area contributed by atoms with Gasteiger partial charge in [-0.05, 0) is 24.6 Å². The van der Waals surface area contributed by atoms with Crippen molar-refractivity contribution in [2.75, 3.05) is 55.4 Å². The van der Waals surface area contributed by atoms with Gasteiger partial charge in [-0.25, -0.2) is 0 Å². The van der Waals surface area contributed by atoms with E-state index in [0.717, 1.165) is 0 Å². The zero-order valence-electron chi connectivity index (χ0n) is 20.0. The lowest BCUT2D eigenvalue weighted by Gasteiger charge is -2.33. The predicted octanol–water partition coefficient (Wildman–Crippen LogP) is 3.36. The summed E-state index contributed by atoms with van der Waals surface area (Å²) < 4.78 is 49.3. The summed E-state index contributed by atoms with van der Waals surface area (Å²) in [7, 11) is 6.06. The van der Waals surface area contributed by atoms with Crippen molar-refractivity contribution in [3.8, 4) is 28.7 Å². The molecule has 0 spiro atoms. The van der Waals surface area contributed by atoms with Gasteiger partial charge in [0.05, 0.1) is 7.11 Å². The molecule has 0 unspecified atom stereocenters. The predicted molar refractivity (Wildman–Crippen MR) is 120 cm³/mol. The van der Waals surface area contributed by atoms with Gasteiger partial charge in [0.15, 0.2) is 44.1 Å². The first-order valence-corrected chi connectivity index (χ1v) is 10.6. The molecule has 1 heterocycles. The van der Waals surface area contributed by atoms with Gasteiger partial charge in [0, 0.05) is 40.1 Å². The largest absolute Gasteiger partial charge is 0.493 e. The van der Waals surface area contributed by atoms with E-state index < -0.39 is 12.2 Å². The first-order chi connectivity index (χ1) is 16.6. The summed E-state index contributed by atoms with van der Waals surface area (Å²) in [5, 5.41) is 0. The molecule has 10 nitrogen and oxygen atoms in total. The number of ether oxygens (including phenoxy) is 9. The SMILES string of the molecule is CCO[C@@H]1C(=O)c2c(OCOC)cc(OCOC)cc2O[C@H]1c1ccc(OCOC)c(OC)c1. The molecule has 0 bridgehead atoms. The van der Waals surface area contributed by atoms with Crippen molar-refractivity contribution in [2.24, 2.45) is 0 Å². The number of rotatable bonds is 13.